The first-order valence-corrected chi connectivity index (χ1v) is 9.09. The number of carbonyl (C=O) groups excluding carboxylic acids is 2. The minimum atomic E-state index is -0.237. The monoisotopic (exact) mass is 384 g/mol. The van der Waals surface area contributed by atoms with E-state index in [1.165, 1.54) is 7.11 Å². The third-order valence-electron chi connectivity index (χ3n) is 4.29. The maximum absolute atomic E-state index is 12.6. The molecule has 1 aliphatic rings. The van der Waals surface area contributed by atoms with Crippen molar-refractivity contribution in [3.8, 4) is 5.75 Å². The molecule has 0 bridgehead atoms. The van der Waals surface area contributed by atoms with Crippen LogP contribution < -0.4 is 10.1 Å². The van der Waals surface area contributed by atoms with Gasteiger partial charge in [0.25, 0.3) is 0 Å². The van der Waals surface area contributed by atoms with Gasteiger partial charge in [0.2, 0.25) is 11.8 Å². The van der Waals surface area contributed by atoms with Crippen molar-refractivity contribution in [3.05, 3.63) is 59.7 Å². The molecule has 1 heterocycles. The third kappa shape index (κ3) is 5.55. The van der Waals surface area contributed by atoms with Crippen molar-refractivity contribution in [2.45, 2.75) is 13.2 Å². The van der Waals surface area contributed by atoms with Gasteiger partial charge in [-0.1, -0.05) is 30.3 Å². The number of carbonyl (C=O) groups is 2. The lowest BCUT2D eigenvalue weighted by Gasteiger charge is -2.20. The van der Waals surface area contributed by atoms with E-state index in [1.54, 1.807) is 17.0 Å². The molecule has 148 valence electrons. The molecule has 2 aromatic rings. The number of methoxy groups -OCH3 is 1. The molecule has 0 radical (unpaired) electrons. The van der Waals surface area contributed by atoms with Crippen LogP contribution in [0.3, 0.4) is 0 Å². The Morgan fingerprint density at radius 1 is 1.14 bits per heavy atom. The number of benzene rings is 2. The summed E-state index contributed by atoms with van der Waals surface area (Å²) < 4.78 is 16.1. The van der Waals surface area contributed by atoms with Gasteiger partial charge < -0.3 is 24.4 Å². The molecule has 0 aliphatic carbocycles. The molecule has 0 atom stereocenters. The zero-order chi connectivity index (χ0) is 19.8. The van der Waals surface area contributed by atoms with E-state index in [0.29, 0.717) is 37.7 Å². The SMILES string of the molecule is COCC(=O)Nc1ccc2c(c1)CN(C(=O)COCc1ccccc1)CCO2. The minimum Gasteiger partial charge on any atom is -0.491 e. The molecule has 0 fully saturated rings. The number of rotatable bonds is 7. The second-order valence-electron chi connectivity index (χ2n) is 6.45. The average Bonchev–Trinajstić information content (AvgIpc) is 2.91. The fourth-order valence-electron chi connectivity index (χ4n) is 2.93. The first kappa shape index (κ1) is 19.9. The molecule has 0 saturated heterocycles. The third-order valence-corrected chi connectivity index (χ3v) is 4.29. The highest BCUT2D eigenvalue weighted by Crippen LogP contribution is 2.26. The van der Waals surface area contributed by atoms with Crippen LogP contribution in [0, 0.1) is 0 Å². The largest absolute Gasteiger partial charge is 0.491 e. The fourth-order valence-corrected chi connectivity index (χ4v) is 2.93. The first-order valence-electron chi connectivity index (χ1n) is 9.09. The van der Waals surface area contributed by atoms with Crippen LogP contribution in [0.5, 0.6) is 5.75 Å². The Labute approximate surface area is 164 Å². The molecule has 0 unspecified atom stereocenters. The van der Waals surface area contributed by atoms with E-state index in [2.05, 4.69) is 5.32 Å². The van der Waals surface area contributed by atoms with E-state index in [4.69, 9.17) is 14.2 Å². The van der Waals surface area contributed by atoms with Gasteiger partial charge in [-0.2, -0.15) is 0 Å². The zero-order valence-corrected chi connectivity index (χ0v) is 15.8. The number of fused-ring (bicyclic) bond motifs is 1. The second-order valence-corrected chi connectivity index (χ2v) is 6.45. The Bertz CT molecular complexity index is 810. The maximum Gasteiger partial charge on any atom is 0.250 e. The van der Waals surface area contributed by atoms with Crippen molar-refractivity contribution < 1.29 is 23.8 Å². The lowest BCUT2D eigenvalue weighted by molar-refractivity contribution is -0.137. The number of nitrogens with one attached hydrogen (secondary N) is 1. The number of amides is 2. The Balaban J connectivity index is 1.59. The van der Waals surface area contributed by atoms with Gasteiger partial charge in [0.15, 0.2) is 0 Å². The second kappa shape index (κ2) is 9.87. The van der Waals surface area contributed by atoms with Gasteiger partial charge in [0.05, 0.1) is 13.2 Å². The normalized spacial score (nSPS) is 13.2. The van der Waals surface area contributed by atoms with E-state index < -0.39 is 0 Å². The quantitative estimate of drug-likeness (QED) is 0.792. The summed E-state index contributed by atoms with van der Waals surface area (Å²) in [6, 6.07) is 15.1. The molecular weight excluding hydrogens is 360 g/mol. The molecule has 1 N–H and O–H groups in total. The zero-order valence-electron chi connectivity index (χ0n) is 15.8. The van der Waals surface area contributed by atoms with E-state index in [0.717, 1.165) is 11.1 Å². The standard InChI is InChI=1S/C21H24N2O5/c1-26-14-20(24)22-18-7-8-19-17(11-18)12-23(9-10-28-19)21(25)15-27-13-16-5-3-2-4-6-16/h2-8,11H,9-10,12-15H2,1H3,(H,22,24). The number of nitrogens with zero attached hydrogens (tertiary/aromatic N) is 1. The Morgan fingerprint density at radius 3 is 2.75 bits per heavy atom. The molecule has 28 heavy (non-hydrogen) atoms. The summed E-state index contributed by atoms with van der Waals surface area (Å²) in [5.41, 5.74) is 2.50. The lowest BCUT2D eigenvalue weighted by Crippen LogP contribution is -2.35. The van der Waals surface area contributed by atoms with E-state index >= 15 is 0 Å². The van der Waals surface area contributed by atoms with Crippen LogP contribution >= 0.6 is 0 Å². The number of anilines is 1. The molecular formula is C21H24N2O5. The van der Waals surface area contributed by atoms with Crippen LogP contribution in [-0.4, -0.2) is 50.2 Å². The van der Waals surface area contributed by atoms with E-state index in [9.17, 15) is 9.59 Å². The van der Waals surface area contributed by atoms with Gasteiger partial charge in [0.1, 0.15) is 25.6 Å². The first-order chi connectivity index (χ1) is 13.7. The van der Waals surface area contributed by atoms with Crippen molar-refractivity contribution in [2.75, 3.05) is 38.8 Å². The van der Waals surface area contributed by atoms with Crippen LogP contribution in [0.2, 0.25) is 0 Å². The van der Waals surface area contributed by atoms with E-state index in [-0.39, 0.29) is 25.0 Å². The average molecular weight is 384 g/mol. The number of ether oxygens (including phenoxy) is 3. The highest BCUT2D eigenvalue weighted by molar-refractivity contribution is 5.91. The van der Waals surface area contributed by atoms with Gasteiger partial charge in [-0.05, 0) is 23.8 Å². The molecule has 0 spiro atoms. The van der Waals surface area contributed by atoms with Crippen molar-refractivity contribution in [1.82, 2.24) is 4.90 Å². The molecule has 2 aromatic carbocycles. The molecule has 0 aromatic heterocycles. The van der Waals surface area contributed by atoms with Crippen LogP contribution in [0.25, 0.3) is 0 Å². The molecule has 7 heteroatoms. The Morgan fingerprint density at radius 2 is 1.96 bits per heavy atom. The summed E-state index contributed by atoms with van der Waals surface area (Å²) >= 11 is 0. The van der Waals surface area contributed by atoms with E-state index in [1.807, 2.05) is 36.4 Å². The lowest BCUT2D eigenvalue weighted by atomic mass is 10.1. The fraction of sp³-hybridized carbons (Fsp3) is 0.333. The highest BCUT2D eigenvalue weighted by atomic mass is 16.5. The van der Waals surface area contributed by atoms with Crippen LogP contribution in [0.1, 0.15) is 11.1 Å². The minimum absolute atomic E-state index is 0.00843. The highest BCUT2D eigenvalue weighted by Gasteiger charge is 2.20. The van der Waals surface area contributed by atoms with Crippen molar-refractivity contribution in [3.63, 3.8) is 0 Å². The summed E-state index contributed by atoms with van der Waals surface area (Å²) in [5, 5.41) is 2.76. The molecule has 3 rings (SSSR count). The number of hydrogen-bond donors (Lipinski definition) is 1. The van der Waals surface area contributed by atoms with Gasteiger partial charge in [-0.15, -0.1) is 0 Å². The van der Waals surface area contributed by atoms with Crippen molar-refractivity contribution in [2.24, 2.45) is 0 Å². The van der Waals surface area contributed by atoms with Crippen molar-refractivity contribution in [1.29, 1.82) is 0 Å². The summed E-state index contributed by atoms with van der Waals surface area (Å²) in [6.45, 7) is 1.67. The predicted octanol–water partition coefficient (Wildman–Crippen LogP) is 2.21. The number of hydrogen-bond acceptors (Lipinski definition) is 5. The van der Waals surface area contributed by atoms with Crippen LogP contribution in [0.15, 0.2) is 48.5 Å². The van der Waals surface area contributed by atoms with Gasteiger partial charge in [-0.3, -0.25) is 9.59 Å². The Hall–Kier alpha value is -2.90. The molecule has 1 aliphatic heterocycles. The maximum atomic E-state index is 12.6. The predicted molar refractivity (Wildman–Crippen MR) is 104 cm³/mol. The molecule has 0 saturated carbocycles. The van der Waals surface area contributed by atoms with Gasteiger partial charge in [-0.25, -0.2) is 0 Å². The summed E-state index contributed by atoms with van der Waals surface area (Å²) in [7, 11) is 1.47. The summed E-state index contributed by atoms with van der Waals surface area (Å²) in [4.78, 5) is 26.0. The van der Waals surface area contributed by atoms with Crippen LogP contribution in [0.4, 0.5) is 5.69 Å². The van der Waals surface area contributed by atoms with Gasteiger partial charge >= 0.3 is 0 Å². The molecule has 7 nitrogen and oxygen atoms in total. The topological polar surface area (TPSA) is 77.1 Å². The summed E-state index contributed by atoms with van der Waals surface area (Å²) in [5.74, 6) is 0.380. The smallest absolute Gasteiger partial charge is 0.250 e. The summed E-state index contributed by atoms with van der Waals surface area (Å²) in [6.07, 6.45) is 0. The van der Waals surface area contributed by atoms with Crippen LogP contribution in [-0.2, 0) is 32.2 Å². The Kier molecular flexibility index (Phi) is 7.00. The van der Waals surface area contributed by atoms with Crippen molar-refractivity contribution >= 4 is 17.5 Å². The van der Waals surface area contributed by atoms with Gasteiger partial charge in [0, 0.05) is 24.9 Å². The molecule has 2 amide bonds.